The molecule has 2 atom stereocenters. The van der Waals surface area contributed by atoms with Crippen LogP contribution in [0.2, 0.25) is 0 Å². The Balaban J connectivity index is 1.48. The van der Waals surface area contributed by atoms with Crippen molar-refractivity contribution < 1.29 is 19.2 Å². The van der Waals surface area contributed by atoms with Gasteiger partial charge in [0.1, 0.15) is 0 Å². The molecule has 2 aromatic carbocycles. The van der Waals surface area contributed by atoms with Crippen molar-refractivity contribution in [1.29, 1.82) is 0 Å². The van der Waals surface area contributed by atoms with Crippen LogP contribution in [0, 0.1) is 21.7 Å². The van der Waals surface area contributed by atoms with Crippen molar-refractivity contribution in [3.8, 4) is 0 Å². The van der Waals surface area contributed by atoms with Crippen molar-refractivity contribution in [3.05, 3.63) is 84.0 Å². The second kappa shape index (κ2) is 5.22. The Hall–Kier alpha value is -3.80. The summed E-state index contributed by atoms with van der Waals surface area (Å²) in [5.41, 5.74) is -2.14. The van der Waals surface area contributed by atoms with E-state index < -0.39 is 33.5 Å². The van der Waals surface area contributed by atoms with Gasteiger partial charge in [-0.25, -0.2) is 9.80 Å². The van der Waals surface area contributed by atoms with Crippen molar-refractivity contribution >= 4 is 35.0 Å². The fourth-order valence-corrected chi connectivity index (χ4v) is 7.96. The highest BCUT2D eigenvalue weighted by molar-refractivity contribution is 6.38. The smallest absolute Gasteiger partial charge is 0.261 e. The molecular formula is C27H20N2O4. The molecule has 2 saturated heterocycles. The van der Waals surface area contributed by atoms with E-state index >= 15 is 0 Å². The number of piperidine rings is 2. The Kier molecular flexibility index (Phi) is 2.97. The highest BCUT2D eigenvalue weighted by Gasteiger charge is 3.04. The quantitative estimate of drug-likeness (QED) is 0.692. The fourth-order valence-electron chi connectivity index (χ4n) is 7.96. The molecule has 0 aromatic heterocycles. The number of hydrogen-bond acceptors (Lipinski definition) is 4. The minimum Gasteiger partial charge on any atom is -0.273 e. The highest BCUT2D eigenvalue weighted by atomic mass is 16.2. The van der Waals surface area contributed by atoms with E-state index in [9.17, 15) is 19.2 Å². The lowest BCUT2D eigenvalue weighted by Gasteiger charge is -2.43. The predicted octanol–water partition coefficient (Wildman–Crippen LogP) is 3.40. The van der Waals surface area contributed by atoms with E-state index in [0.29, 0.717) is 28.9 Å². The number of carbonyl (C=O) groups is 4. The first-order valence-corrected chi connectivity index (χ1v) is 11.2. The number of amides is 4. The summed E-state index contributed by atoms with van der Waals surface area (Å²) in [4.78, 5) is 57.9. The SMILES string of the molecule is CCC12C3(C)C4=CC15C(=O)N(c1ccccc1)C(=O)C52C=C3C(=O)N(c1ccccc1)C4=O. The summed E-state index contributed by atoms with van der Waals surface area (Å²) in [7, 11) is 0. The zero-order valence-electron chi connectivity index (χ0n) is 18.2. The van der Waals surface area contributed by atoms with Crippen LogP contribution in [0.1, 0.15) is 20.3 Å². The zero-order valence-corrected chi connectivity index (χ0v) is 18.2. The summed E-state index contributed by atoms with van der Waals surface area (Å²) in [6.45, 7) is 3.83. The number of anilines is 2. The van der Waals surface area contributed by atoms with E-state index in [4.69, 9.17) is 0 Å². The number of benzene rings is 2. The Labute approximate surface area is 190 Å². The Bertz CT molecular complexity index is 1350. The predicted molar refractivity (Wildman–Crippen MR) is 120 cm³/mol. The largest absolute Gasteiger partial charge is 0.273 e. The molecule has 7 rings (SSSR count). The maximum absolute atomic E-state index is 14.0. The van der Waals surface area contributed by atoms with Crippen LogP contribution < -0.4 is 9.80 Å². The number of carbonyl (C=O) groups excluding carboxylic acids is 4. The molecule has 2 unspecified atom stereocenters. The minimum absolute atomic E-state index is 0.300. The van der Waals surface area contributed by atoms with Gasteiger partial charge < -0.3 is 0 Å². The molecular weight excluding hydrogens is 416 g/mol. The van der Waals surface area contributed by atoms with Gasteiger partial charge in [0.15, 0.2) is 0 Å². The van der Waals surface area contributed by atoms with Crippen molar-refractivity contribution in [1.82, 2.24) is 0 Å². The van der Waals surface area contributed by atoms with Gasteiger partial charge in [0.25, 0.3) is 11.8 Å². The lowest BCUT2D eigenvalue weighted by Crippen LogP contribution is -2.53. The first kappa shape index (κ1) is 18.7. The third-order valence-corrected chi connectivity index (χ3v) is 9.07. The Morgan fingerprint density at radius 1 is 0.667 bits per heavy atom. The van der Waals surface area contributed by atoms with Crippen LogP contribution in [0.15, 0.2) is 84.0 Å². The maximum atomic E-state index is 14.0. The number of rotatable bonds is 3. The van der Waals surface area contributed by atoms with E-state index in [1.54, 1.807) is 60.7 Å². The first-order chi connectivity index (χ1) is 15.8. The molecule has 0 N–H and O–H groups in total. The van der Waals surface area contributed by atoms with Crippen LogP contribution >= 0.6 is 0 Å². The molecule has 162 valence electrons. The van der Waals surface area contributed by atoms with Crippen LogP contribution in [0.3, 0.4) is 0 Å². The molecule has 1 saturated carbocycles. The number of nitrogens with zero attached hydrogens (tertiary/aromatic N) is 2. The number of para-hydroxylation sites is 2. The minimum atomic E-state index is -1.13. The molecule has 0 bridgehead atoms. The number of hydrogen-bond donors (Lipinski definition) is 0. The molecule has 4 amide bonds. The second-order valence-electron chi connectivity index (χ2n) is 9.68. The van der Waals surface area contributed by atoms with Gasteiger partial charge in [-0.05, 0) is 30.7 Å². The van der Waals surface area contributed by atoms with Gasteiger partial charge in [-0.1, -0.05) is 62.4 Å². The van der Waals surface area contributed by atoms with Gasteiger partial charge in [-0.15, -0.1) is 0 Å². The monoisotopic (exact) mass is 436 g/mol. The molecule has 2 spiro atoms. The highest BCUT2D eigenvalue weighted by Crippen LogP contribution is 2.98. The molecule has 2 aliphatic heterocycles. The molecule has 2 heterocycles. The molecule has 3 aliphatic carbocycles. The van der Waals surface area contributed by atoms with Gasteiger partial charge >= 0.3 is 0 Å². The average Bonchev–Trinajstić information content (AvgIpc) is 3.02. The Morgan fingerprint density at radius 3 is 1.52 bits per heavy atom. The molecule has 33 heavy (non-hydrogen) atoms. The lowest BCUT2D eigenvalue weighted by molar-refractivity contribution is -0.130. The molecule has 0 radical (unpaired) electrons. The van der Waals surface area contributed by atoms with Gasteiger partial charge in [0.05, 0.1) is 22.2 Å². The lowest BCUT2D eigenvalue weighted by atomic mass is 9.63. The second-order valence-corrected chi connectivity index (χ2v) is 9.68. The summed E-state index contributed by atoms with van der Waals surface area (Å²) in [5.74, 6) is -1.42. The summed E-state index contributed by atoms with van der Waals surface area (Å²) >= 11 is 0. The van der Waals surface area contributed by atoms with Crippen LogP contribution in [-0.4, -0.2) is 23.6 Å². The molecule has 2 aromatic rings. The molecule has 3 fully saturated rings. The van der Waals surface area contributed by atoms with Crippen LogP contribution in [0.5, 0.6) is 0 Å². The summed E-state index contributed by atoms with van der Waals surface area (Å²) < 4.78 is 0. The van der Waals surface area contributed by atoms with Crippen LogP contribution in [-0.2, 0) is 19.2 Å². The van der Waals surface area contributed by atoms with Crippen LogP contribution in [0.25, 0.3) is 0 Å². The normalized spacial score (nSPS) is 37.3. The summed E-state index contributed by atoms with van der Waals surface area (Å²) in [6.07, 6.45) is 4.00. The first-order valence-electron chi connectivity index (χ1n) is 11.2. The van der Waals surface area contributed by atoms with E-state index in [1.807, 2.05) is 26.0 Å². The third kappa shape index (κ3) is 1.46. The molecule has 6 heteroatoms. The van der Waals surface area contributed by atoms with E-state index in [-0.39, 0.29) is 11.8 Å². The van der Waals surface area contributed by atoms with E-state index in [1.165, 1.54) is 9.80 Å². The summed E-state index contributed by atoms with van der Waals surface area (Å²) in [5, 5.41) is 0. The maximum Gasteiger partial charge on any atom is 0.261 e. The topological polar surface area (TPSA) is 74.8 Å². The zero-order chi connectivity index (χ0) is 23.0. The van der Waals surface area contributed by atoms with E-state index in [2.05, 4.69) is 0 Å². The van der Waals surface area contributed by atoms with E-state index in [0.717, 1.165) is 0 Å². The van der Waals surface area contributed by atoms with Crippen LogP contribution in [0.4, 0.5) is 11.4 Å². The summed E-state index contributed by atoms with van der Waals surface area (Å²) in [6, 6.07) is 17.7. The Morgan fingerprint density at radius 2 is 1.09 bits per heavy atom. The number of imide groups is 2. The van der Waals surface area contributed by atoms with Gasteiger partial charge in [-0.3, -0.25) is 19.2 Å². The van der Waals surface area contributed by atoms with Gasteiger partial charge in [-0.2, -0.15) is 0 Å². The van der Waals surface area contributed by atoms with Crippen molar-refractivity contribution in [3.63, 3.8) is 0 Å². The van der Waals surface area contributed by atoms with Crippen molar-refractivity contribution in [2.45, 2.75) is 20.3 Å². The third-order valence-electron chi connectivity index (χ3n) is 9.07. The van der Waals surface area contributed by atoms with Gasteiger partial charge in [0, 0.05) is 22.0 Å². The molecule has 6 nitrogen and oxygen atoms in total. The fraction of sp³-hybridized carbons (Fsp3) is 0.259. The molecule has 5 aliphatic rings. The van der Waals surface area contributed by atoms with Crippen molar-refractivity contribution in [2.24, 2.45) is 21.7 Å². The van der Waals surface area contributed by atoms with Crippen molar-refractivity contribution in [2.75, 3.05) is 9.80 Å². The standard InChI is InChI=1S/C27H20N2O4/c1-3-27-24(2)18-14-25(27)22(32)29(17-12-8-5-9-13-17)23(33)26(25,27)15-19(24)21(31)28(20(18)30)16-10-6-4-7-11-16/h4-15H,3H2,1-2H3. The average molecular weight is 436 g/mol. The van der Waals surface area contributed by atoms with Gasteiger partial charge in [0.2, 0.25) is 11.8 Å².